The maximum absolute atomic E-state index is 9.05. The molecule has 22 nitrogen and oxygen atoms in total. The van der Waals surface area contributed by atoms with Crippen molar-refractivity contribution in [3.05, 3.63) is 58.7 Å². The molecular weight excluding hydrogens is 1000 g/mol. The second kappa shape index (κ2) is 48.9. The maximum Gasteiger partial charge on any atom is 0.178 e. The zero-order valence-corrected chi connectivity index (χ0v) is 28.4. The molecule has 25 heteroatoms. The van der Waals surface area contributed by atoms with Gasteiger partial charge in [0, 0.05) is 170 Å². The minimum atomic E-state index is -1.75. The number of aromatic hydroxyl groups is 2. The summed E-state index contributed by atoms with van der Waals surface area (Å²) < 4.78 is 0. The molecule has 0 aliphatic rings. The van der Waals surface area contributed by atoms with Crippen LogP contribution in [0.5, 0.6) is 11.5 Å². The number of aliphatic hydroxyl groups excluding tert-OH is 4. The molecule has 0 amide bonds. The van der Waals surface area contributed by atoms with Crippen molar-refractivity contribution in [2.24, 2.45) is 0 Å². The fourth-order valence-electron chi connectivity index (χ4n) is 1.91. The zero-order chi connectivity index (χ0) is 20.0. The van der Waals surface area contributed by atoms with E-state index in [-0.39, 0.29) is 248 Å². The topological polar surface area (TPSA) is 595 Å². The molecule has 0 bridgehead atoms. The Morgan fingerprint density at radius 3 is 0.537 bits per heavy atom. The van der Waals surface area contributed by atoms with E-state index in [2.05, 4.69) is 0 Å². The van der Waals surface area contributed by atoms with Crippen LogP contribution in [0.25, 0.3) is 0 Å². The number of phenolic OH excluding ortho intramolecular Hbond substituents is 2. The minimum absolute atomic E-state index is 0. The number of benzene rings is 2. The van der Waals surface area contributed by atoms with Crippen LogP contribution in [0.1, 0.15) is 47.4 Å². The predicted octanol–water partition coefficient (Wildman–Crippen LogP) is -12.2. The summed E-state index contributed by atoms with van der Waals surface area (Å²) in [6.45, 7) is 0. The van der Waals surface area contributed by atoms with E-state index in [9.17, 15) is 0 Å². The van der Waals surface area contributed by atoms with Crippen molar-refractivity contribution in [2.75, 3.05) is 0 Å². The van der Waals surface area contributed by atoms with Crippen molar-refractivity contribution >= 4 is 0 Å². The summed E-state index contributed by atoms with van der Waals surface area (Å²) in [5.41, 5.74) is 0.0115. The molecule has 0 aromatic heterocycles. The average molecular weight is 1050 g/mol. The van der Waals surface area contributed by atoms with Gasteiger partial charge < -0.3 is 117 Å². The van der Waals surface area contributed by atoms with Gasteiger partial charge in [-0.25, -0.2) is 0 Å². The number of phenols is 2. The van der Waals surface area contributed by atoms with Crippen molar-refractivity contribution in [3.63, 3.8) is 0 Å². The summed E-state index contributed by atoms with van der Waals surface area (Å²) in [4.78, 5) is 0. The Morgan fingerprint density at radius 2 is 0.439 bits per heavy atom. The van der Waals surface area contributed by atoms with E-state index in [4.69, 9.17) is 51.1 Å². The first kappa shape index (κ1) is 96.8. The molecular formula is C16H54Eu3O22+10. The second-order valence-electron chi connectivity index (χ2n) is 5.21. The van der Waals surface area contributed by atoms with E-state index in [1.165, 1.54) is 12.1 Å². The first-order valence-corrected chi connectivity index (χ1v) is 7.13. The number of aliphatic hydroxyl groups is 8. The van der Waals surface area contributed by atoms with E-state index in [0.29, 0.717) is 0 Å². The van der Waals surface area contributed by atoms with Crippen LogP contribution in [0.2, 0.25) is 0 Å². The zero-order valence-electron chi connectivity index (χ0n) is 21.2. The normalized spacial score (nSPS) is 7.12. The van der Waals surface area contributed by atoms with Crippen LogP contribution in [0.4, 0.5) is 0 Å². The molecule has 2 aromatic rings. The molecule has 0 unspecified atom stereocenters. The van der Waals surface area contributed by atoms with Gasteiger partial charge in [0.05, 0.1) is 0 Å². The van der Waals surface area contributed by atoms with E-state index < -0.39 is 25.2 Å². The molecule has 0 spiro atoms. The summed E-state index contributed by atoms with van der Waals surface area (Å²) in [5.74, 6) is -0.512. The van der Waals surface area contributed by atoms with Crippen LogP contribution in [-0.2, 0) is 54.8 Å². The smallest absolute Gasteiger partial charge is 0.178 e. The average Bonchev–Trinajstić information content (AvgIpc) is 2.54. The molecule has 261 valence electrons. The van der Waals surface area contributed by atoms with Crippen molar-refractivity contribution in [3.8, 4) is 11.5 Å². The van der Waals surface area contributed by atoms with Gasteiger partial charge >= 0.3 is 0 Å². The summed E-state index contributed by atoms with van der Waals surface area (Å²) in [5, 5.41) is 88.0. The number of rotatable bonds is 4. The molecule has 0 aliphatic heterocycles. The monoisotopic (exact) mass is 1060 g/mol. The van der Waals surface area contributed by atoms with Gasteiger partial charge in [-0.2, -0.15) is 0 Å². The van der Waals surface area contributed by atoms with Crippen molar-refractivity contribution in [2.45, 2.75) is 25.2 Å². The predicted molar refractivity (Wildman–Crippen MR) is 141 cm³/mol. The molecule has 41 heavy (non-hydrogen) atoms. The molecule has 0 atom stereocenters. The van der Waals surface area contributed by atoms with Gasteiger partial charge in [0.25, 0.3) is 0 Å². The van der Waals surface area contributed by atoms with E-state index >= 15 is 0 Å². The SMILES string of the molecule is O.O.Oc1cc(C(O)O)cc(C(O)O)c1.Oc1cc(C(O)O)cc(C(O)O)c1.[Eu].[Eu].[Eu].[OH3+].[OH3+].[OH3+].[OH3+].[OH3+].[OH3+].[OH3+].[OH3+].[OH3+].[OH3+]. The van der Waals surface area contributed by atoms with Crippen LogP contribution in [0.15, 0.2) is 36.4 Å². The van der Waals surface area contributed by atoms with Gasteiger partial charge in [-0.15, -0.1) is 0 Å². The third-order valence-corrected chi connectivity index (χ3v) is 3.12. The quantitative estimate of drug-likeness (QED) is 0.102. The minimum Gasteiger partial charge on any atom is -0.508 e. The van der Waals surface area contributed by atoms with Crippen LogP contribution in [-0.4, -0.2) is 62.0 Å². The maximum atomic E-state index is 9.05. The third-order valence-electron chi connectivity index (χ3n) is 3.12. The van der Waals surface area contributed by atoms with Crippen LogP contribution < -0.4 is 0 Å². The van der Waals surface area contributed by atoms with Crippen molar-refractivity contribution in [1.82, 2.24) is 0 Å². The molecule has 44 N–H and O–H groups in total. The fourth-order valence-corrected chi connectivity index (χ4v) is 1.91. The standard InChI is InChI=1S/2C8H10O5.3Eu.12H2O/c2*9-6-2-4(7(10)11)1-5(3-6)8(12)13;;;;;;;;;;;;;;;/h2*1-3,7-13H;;;;12*1H2/p+10. The molecule has 0 aliphatic carbocycles. The molecule has 0 saturated carbocycles. The summed E-state index contributed by atoms with van der Waals surface area (Å²) in [6, 6.07) is 6.84. The Morgan fingerprint density at radius 1 is 0.317 bits per heavy atom. The van der Waals surface area contributed by atoms with E-state index in [0.717, 1.165) is 24.3 Å². The number of hydrogen-bond donors (Lipinski definition) is 10. The first-order valence-electron chi connectivity index (χ1n) is 7.13. The first-order chi connectivity index (χ1) is 12.0. The van der Waals surface area contributed by atoms with Crippen molar-refractivity contribution < 1.29 is 265 Å². The van der Waals surface area contributed by atoms with E-state index in [1.807, 2.05) is 0 Å². The van der Waals surface area contributed by atoms with Gasteiger partial charge in [0.2, 0.25) is 0 Å². The van der Waals surface area contributed by atoms with Gasteiger partial charge in [-0.1, -0.05) is 0 Å². The Labute approximate surface area is 354 Å². The molecule has 0 saturated heterocycles. The van der Waals surface area contributed by atoms with Gasteiger partial charge in [0.15, 0.2) is 25.2 Å². The number of hydrogen-bond acceptors (Lipinski definition) is 10. The molecule has 2 rings (SSSR count). The summed E-state index contributed by atoms with van der Waals surface area (Å²) in [6.07, 6.45) is -6.98. The van der Waals surface area contributed by atoms with E-state index in [1.54, 1.807) is 0 Å². The Balaban J connectivity index is -0.0000000186. The van der Waals surface area contributed by atoms with Gasteiger partial charge in [0.1, 0.15) is 11.5 Å². The molecule has 0 heterocycles. The van der Waals surface area contributed by atoms with Crippen LogP contribution in [0.3, 0.4) is 0 Å². The van der Waals surface area contributed by atoms with Gasteiger partial charge in [-0.3, -0.25) is 0 Å². The molecule has 2 aromatic carbocycles. The summed E-state index contributed by atoms with van der Waals surface area (Å²) in [7, 11) is 0. The van der Waals surface area contributed by atoms with Crippen LogP contribution in [0, 0.1) is 148 Å². The Hall–Kier alpha value is 1.99. The fraction of sp³-hybridized carbons (Fsp3) is 0.250. The largest absolute Gasteiger partial charge is 0.508 e. The van der Waals surface area contributed by atoms with Crippen LogP contribution >= 0.6 is 0 Å². The van der Waals surface area contributed by atoms with Crippen molar-refractivity contribution in [1.29, 1.82) is 0 Å². The second-order valence-corrected chi connectivity index (χ2v) is 5.21. The molecule has 3 radical (unpaired) electrons. The van der Waals surface area contributed by atoms with Gasteiger partial charge in [-0.05, 0) is 36.4 Å². The third kappa shape index (κ3) is 38.1. The summed E-state index contributed by atoms with van der Waals surface area (Å²) >= 11 is 0. The molecule has 0 fully saturated rings. The Bertz CT molecular complexity index is 626. The Kier molecular flexibility index (Phi) is 115.